The Morgan fingerprint density at radius 2 is 2.18 bits per heavy atom. The van der Waals surface area contributed by atoms with E-state index in [0.29, 0.717) is 23.0 Å². The van der Waals surface area contributed by atoms with Gasteiger partial charge in [0.2, 0.25) is 0 Å². The molecule has 0 aliphatic carbocycles. The summed E-state index contributed by atoms with van der Waals surface area (Å²) in [5.74, 6) is 0.844. The minimum atomic E-state index is -0.0765. The second kappa shape index (κ2) is 3.80. The van der Waals surface area contributed by atoms with Crippen LogP contribution in [-0.4, -0.2) is 15.8 Å². The van der Waals surface area contributed by atoms with Crippen molar-refractivity contribution in [2.45, 2.75) is 25.8 Å². The smallest absolute Gasteiger partial charge is 0.262 e. The molecule has 0 amide bonds. The van der Waals surface area contributed by atoms with Gasteiger partial charge in [-0.1, -0.05) is 12.1 Å². The highest BCUT2D eigenvalue weighted by atomic mass is 16.1. The van der Waals surface area contributed by atoms with E-state index in [2.05, 4.69) is 4.98 Å². The maximum Gasteiger partial charge on any atom is 0.262 e. The van der Waals surface area contributed by atoms with E-state index in [1.807, 2.05) is 0 Å². The average molecular weight is 228 g/mol. The zero-order chi connectivity index (χ0) is 11.8. The Labute approximate surface area is 97.9 Å². The third-order valence-corrected chi connectivity index (χ3v) is 3.25. The van der Waals surface area contributed by atoms with Crippen molar-refractivity contribution in [3.05, 3.63) is 39.9 Å². The van der Waals surface area contributed by atoms with Gasteiger partial charge in [-0.05, 0) is 18.9 Å². The lowest BCUT2D eigenvalue weighted by molar-refractivity contribution is 0.112. The summed E-state index contributed by atoms with van der Waals surface area (Å²) in [7, 11) is 0. The van der Waals surface area contributed by atoms with Crippen LogP contribution in [0.5, 0.6) is 0 Å². The normalized spacial score (nSPS) is 14.6. The van der Waals surface area contributed by atoms with Crippen LogP contribution < -0.4 is 5.56 Å². The molecular weight excluding hydrogens is 216 g/mol. The van der Waals surface area contributed by atoms with Gasteiger partial charge >= 0.3 is 0 Å². The number of benzene rings is 1. The first kappa shape index (κ1) is 10.2. The molecule has 1 aliphatic heterocycles. The van der Waals surface area contributed by atoms with Gasteiger partial charge in [0.25, 0.3) is 5.56 Å². The van der Waals surface area contributed by atoms with E-state index in [1.165, 1.54) is 0 Å². The first-order valence-electron chi connectivity index (χ1n) is 5.79. The average Bonchev–Trinajstić information content (AvgIpc) is 2.38. The van der Waals surface area contributed by atoms with Crippen LogP contribution in [0.25, 0.3) is 10.9 Å². The molecule has 4 nitrogen and oxygen atoms in total. The summed E-state index contributed by atoms with van der Waals surface area (Å²) >= 11 is 0. The number of carbonyl (C=O) groups excluding carboxylic acids is 1. The van der Waals surface area contributed by atoms with Gasteiger partial charge in [0.05, 0.1) is 10.9 Å². The molecule has 0 saturated heterocycles. The van der Waals surface area contributed by atoms with Gasteiger partial charge in [-0.2, -0.15) is 0 Å². The molecule has 1 aromatic heterocycles. The standard InChI is InChI=1S/C13H12N2O2/c16-8-9-4-3-5-10-12(9)13(17)15-7-2-1-6-11(15)14-10/h3-5,8H,1-2,6-7H2. The number of aldehydes is 1. The van der Waals surface area contributed by atoms with Gasteiger partial charge in [-0.15, -0.1) is 0 Å². The van der Waals surface area contributed by atoms with E-state index < -0.39 is 0 Å². The molecule has 1 aromatic carbocycles. The number of aromatic nitrogens is 2. The summed E-state index contributed by atoms with van der Waals surface area (Å²) in [6.07, 6.45) is 3.65. The summed E-state index contributed by atoms with van der Waals surface area (Å²) in [4.78, 5) is 27.8. The number of nitrogens with zero attached hydrogens (tertiary/aromatic N) is 2. The second-order valence-corrected chi connectivity index (χ2v) is 4.30. The van der Waals surface area contributed by atoms with Crippen molar-refractivity contribution in [1.82, 2.24) is 9.55 Å². The molecule has 4 heteroatoms. The molecule has 3 rings (SSSR count). The molecule has 1 aliphatic rings. The molecule has 86 valence electrons. The quantitative estimate of drug-likeness (QED) is 0.696. The van der Waals surface area contributed by atoms with Crippen molar-refractivity contribution in [3.63, 3.8) is 0 Å². The lowest BCUT2D eigenvalue weighted by Crippen LogP contribution is -2.28. The monoisotopic (exact) mass is 228 g/mol. The van der Waals surface area contributed by atoms with Crippen molar-refractivity contribution in [1.29, 1.82) is 0 Å². The van der Waals surface area contributed by atoms with Crippen molar-refractivity contribution in [2.24, 2.45) is 0 Å². The Morgan fingerprint density at radius 3 is 3.00 bits per heavy atom. The summed E-state index contributed by atoms with van der Waals surface area (Å²) in [6.45, 7) is 0.713. The molecule has 0 radical (unpaired) electrons. The van der Waals surface area contributed by atoms with Gasteiger partial charge in [0.1, 0.15) is 5.82 Å². The van der Waals surface area contributed by atoms with E-state index in [4.69, 9.17) is 0 Å². The fourth-order valence-electron chi connectivity index (χ4n) is 2.41. The predicted molar refractivity (Wildman–Crippen MR) is 64.3 cm³/mol. The maximum absolute atomic E-state index is 12.3. The van der Waals surface area contributed by atoms with Crippen LogP contribution in [0.4, 0.5) is 0 Å². The third kappa shape index (κ3) is 1.48. The Morgan fingerprint density at radius 1 is 1.29 bits per heavy atom. The fourth-order valence-corrected chi connectivity index (χ4v) is 2.41. The van der Waals surface area contributed by atoms with Crippen molar-refractivity contribution in [3.8, 4) is 0 Å². The molecule has 0 bridgehead atoms. The summed E-state index contributed by atoms with van der Waals surface area (Å²) < 4.78 is 1.71. The van der Waals surface area contributed by atoms with E-state index in [1.54, 1.807) is 22.8 Å². The Hall–Kier alpha value is -1.97. The van der Waals surface area contributed by atoms with Crippen molar-refractivity contribution >= 4 is 17.2 Å². The number of rotatable bonds is 1. The Balaban J connectivity index is 2.45. The van der Waals surface area contributed by atoms with Gasteiger partial charge in [-0.25, -0.2) is 4.98 Å². The largest absolute Gasteiger partial charge is 0.298 e. The van der Waals surface area contributed by atoms with Gasteiger partial charge < -0.3 is 0 Å². The molecule has 0 atom stereocenters. The maximum atomic E-state index is 12.3. The summed E-state index contributed by atoms with van der Waals surface area (Å²) in [6, 6.07) is 5.21. The van der Waals surface area contributed by atoms with Gasteiger partial charge in [0.15, 0.2) is 6.29 Å². The highest BCUT2D eigenvalue weighted by molar-refractivity contribution is 5.95. The zero-order valence-electron chi connectivity index (χ0n) is 9.35. The lowest BCUT2D eigenvalue weighted by atomic mass is 10.1. The molecule has 0 fully saturated rings. The first-order valence-corrected chi connectivity index (χ1v) is 5.79. The topological polar surface area (TPSA) is 52.0 Å². The molecule has 17 heavy (non-hydrogen) atoms. The molecular formula is C13H12N2O2. The highest BCUT2D eigenvalue weighted by Gasteiger charge is 2.15. The van der Waals surface area contributed by atoms with Crippen LogP contribution in [0.1, 0.15) is 29.0 Å². The van der Waals surface area contributed by atoms with Crippen molar-refractivity contribution in [2.75, 3.05) is 0 Å². The van der Waals surface area contributed by atoms with Gasteiger partial charge in [-0.3, -0.25) is 14.2 Å². The zero-order valence-corrected chi connectivity index (χ0v) is 9.35. The third-order valence-electron chi connectivity index (χ3n) is 3.25. The van der Waals surface area contributed by atoms with Crippen LogP contribution in [0.3, 0.4) is 0 Å². The summed E-state index contributed by atoms with van der Waals surface area (Å²) in [5, 5.41) is 0.452. The van der Waals surface area contributed by atoms with E-state index in [-0.39, 0.29) is 5.56 Å². The van der Waals surface area contributed by atoms with Crippen LogP contribution >= 0.6 is 0 Å². The van der Waals surface area contributed by atoms with E-state index >= 15 is 0 Å². The predicted octanol–water partition coefficient (Wildman–Crippen LogP) is 1.55. The number of hydrogen-bond donors (Lipinski definition) is 0. The van der Waals surface area contributed by atoms with Crippen molar-refractivity contribution < 1.29 is 4.79 Å². The van der Waals surface area contributed by atoms with E-state index in [0.717, 1.165) is 31.4 Å². The highest BCUT2D eigenvalue weighted by Crippen LogP contribution is 2.16. The van der Waals surface area contributed by atoms with Crippen LogP contribution in [0.2, 0.25) is 0 Å². The van der Waals surface area contributed by atoms with E-state index in [9.17, 15) is 9.59 Å². The lowest BCUT2D eigenvalue weighted by Gasteiger charge is -2.17. The number of carbonyl (C=O) groups is 1. The summed E-state index contributed by atoms with van der Waals surface area (Å²) in [5.41, 5.74) is 0.987. The second-order valence-electron chi connectivity index (χ2n) is 4.30. The molecule has 0 N–H and O–H groups in total. The minimum absolute atomic E-state index is 0.0765. The first-order chi connectivity index (χ1) is 8.31. The van der Waals surface area contributed by atoms with Gasteiger partial charge in [0, 0.05) is 18.5 Å². The molecule has 2 heterocycles. The number of hydrogen-bond acceptors (Lipinski definition) is 3. The molecule has 2 aromatic rings. The van der Waals surface area contributed by atoms with Crippen LogP contribution in [0.15, 0.2) is 23.0 Å². The Bertz CT molecular complexity index is 658. The molecule has 0 saturated carbocycles. The molecule has 0 unspecified atom stereocenters. The van der Waals surface area contributed by atoms with Crippen LogP contribution in [0, 0.1) is 0 Å². The number of fused-ring (bicyclic) bond motifs is 2. The minimum Gasteiger partial charge on any atom is -0.298 e. The number of aryl methyl sites for hydroxylation is 1. The fraction of sp³-hybridized carbons (Fsp3) is 0.308. The van der Waals surface area contributed by atoms with Crippen LogP contribution in [-0.2, 0) is 13.0 Å². The molecule has 0 spiro atoms. The SMILES string of the molecule is O=Cc1cccc2nc3n(c(=O)c12)CCCC3. The Kier molecular flexibility index (Phi) is 2.28.